The van der Waals surface area contributed by atoms with Crippen molar-refractivity contribution in [1.29, 1.82) is 0 Å². The molecule has 2 heterocycles. The van der Waals surface area contributed by atoms with E-state index in [-0.39, 0.29) is 12.0 Å². The van der Waals surface area contributed by atoms with E-state index in [2.05, 4.69) is 52.5 Å². The number of pyridine rings is 1. The van der Waals surface area contributed by atoms with Gasteiger partial charge in [-0.25, -0.2) is 4.98 Å². The molecule has 156 valence electrons. The lowest BCUT2D eigenvalue weighted by Crippen LogP contribution is -2.47. The number of rotatable bonds is 7. The molecular weight excluding hydrogens is 394 g/mol. The molecule has 0 bridgehead atoms. The van der Waals surface area contributed by atoms with Crippen LogP contribution in [0.15, 0.2) is 65.7 Å². The number of morpholine rings is 1. The molecule has 1 aliphatic heterocycles. The molecule has 1 saturated heterocycles. The summed E-state index contributed by atoms with van der Waals surface area (Å²) in [7, 11) is 0. The number of hydrogen-bond acceptors (Lipinski definition) is 5. The highest BCUT2D eigenvalue weighted by molar-refractivity contribution is 7.99. The van der Waals surface area contributed by atoms with Gasteiger partial charge in [0.25, 0.3) is 0 Å². The number of thioether (sulfide) groups is 1. The lowest BCUT2D eigenvalue weighted by molar-refractivity contribution is -0.119. The van der Waals surface area contributed by atoms with Crippen LogP contribution in [0.4, 0.5) is 0 Å². The zero-order chi connectivity index (χ0) is 20.8. The molecule has 1 amide bonds. The summed E-state index contributed by atoms with van der Waals surface area (Å²) >= 11 is 1.47. The van der Waals surface area contributed by atoms with Crippen LogP contribution in [0.25, 0.3) is 10.9 Å². The highest BCUT2D eigenvalue weighted by atomic mass is 32.2. The number of carbonyl (C=O) groups excluding carboxylic acids is 1. The summed E-state index contributed by atoms with van der Waals surface area (Å²) in [5, 5.41) is 5.05. The minimum absolute atomic E-state index is 0.0106. The second-order valence-corrected chi connectivity index (χ2v) is 8.60. The predicted molar refractivity (Wildman–Crippen MR) is 122 cm³/mol. The van der Waals surface area contributed by atoms with Crippen LogP contribution in [0.3, 0.4) is 0 Å². The molecule has 4 rings (SSSR count). The Morgan fingerprint density at radius 3 is 2.87 bits per heavy atom. The molecule has 0 unspecified atom stereocenters. The van der Waals surface area contributed by atoms with Crippen LogP contribution in [0.1, 0.15) is 11.1 Å². The van der Waals surface area contributed by atoms with Gasteiger partial charge >= 0.3 is 0 Å². The van der Waals surface area contributed by atoms with Crippen LogP contribution in [0, 0.1) is 6.92 Å². The molecule has 1 fully saturated rings. The third-order valence-corrected chi connectivity index (χ3v) is 6.16. The minimum atomic E-state index is 0.0106. The van der Waals surface area contributed by atoms with Gasteiger partial charge in [-0.15, -0.1) is 0 Å². The van der Waals surface area contributed by atoms with Crippen molar-refractivity contribution in [1.82, 2.24) is 15.2 Å². The summed E-state index contributed by atoms with van der Waals surface area (Å²) in [6.45, 7) is 5.97. The van der Waals surface area contributed by atoms with E-state index in [4.69, 9.17) is 4.74 Å². The van der Waals surface area contributed by atoms with Crippen LogP contribution in [0.2, 0.25) is 0 Å². The number of fused-ring (bicyclic) bond motifs is 1. The molecule has 0 radical (unpaired) electrons. The molecule has 6 heteroatoms. The van der Waals surface area contributed by atoms with Crippen LogP contribution in [-0.2, 0) is 16.1 Å². The number of para-hydroxylation sites is 1. The SMILES string of the molecule is Cc1cc(SCC(=O)NC[C@H]2CN(Cc3ccccc3)CCO2)nc2ccccc12. The Morgan fingerprint density at radius 2 is 2.00 bits per heavy atom. The zero-order valence-corrected chi connectivity index (χ0v) is 18.0. The standard InChI is InChI=1S/C24H27N3O2S/c1-18-13-24(26-22-10-6-5-9-21(18)22)30-17-23(28)25-14-20-16-27(11-12-29-20)15-19-7-3-2-4-8-19/h2-10,13,20H,11-12,14-17H2,1H3,(H,25,28)/t20-/m0/s1. The summed E-state index contributed by atoms with van der Waals surface area (Å²) < 4.78 is 5.85. The first-order chi connectivity index (χ1) is 14.7. The summed E-state index contributed by atoms with van der Waals surface area (Å²) in [5.41, 5.74) is 3.45. The van der Waals surface area contributed by atoms with Crippen molar-refractivity contribution in [2.45, 2.75) is 24.6 Å². The first-order valence-corrected chi connectivity index (χ1v) is 11.3. The topological polar surface area (TPSA) is 54.5 Å². The number of nitrogens with one attached hydrogen (secondary N) is 1. The van der Waals surface area contributed by atoms with Crippen molar-refractivity contribution < 1.29 is 9.53 Å². The minimum Gasteiger partial charge on any atom is -0.374 e. The quantitative estimate of drug-likeness (QED) is 0.590. The van der Waals surface area contributed by atoms with Gasteiger partial charge in [0.1, 0.15) is 0 Å². The van der Waals surface area contributed by atoms with Crippen molar-refractivity contribution in [2.75, 3.05) is 32.0 Å². The van der Waals surface area contributed by atoms with E-state index in [9.17, 15) is 4.79 Å². The van der Waals surface area contributed by atoms with Crippen molar-refractivity contribution in [3.8, 4) is 0 Å². The first kappa shape index (κ1) is 20.8. The van der Waals surface area contributed by atoms with E-state index in [1.807, 2.05) is 30.3 Å². The molecule has 0 saturated carbocycles. The van der Waals surface area contributed by atoms with Gasteiger partial charge in [-0.1, -0.05) is 60.3 Å². The van der Waals surface area contributed by atoms with E-state index >= 15 is 0 Å². The Morgan fingerprint density at radius 1 is 1.20 bits per heavy atom. The van der Waals surface area contributed by atoms with Crippen molar-refractivity contribution >= 4 is 28.6 Å². The maximum absolute atomic E-state index is 12.4. The Balaban J connectivity index is 1.24. The second-order valence-electron chi connectivity index (χ2n) is 7.60. The maximum Gasteiger partial charge on any atom is 0.230 e. The Hall–Kier alpha value is -2.41. The number of nitrogens with zero attached hydrogens (tertiary/aromatic N) is 2. The number of hydrogen-bond donors (Lipinski definition) is 1. The van der Waals surface area contributed by atoms with E-state index in [0.29, 0.717) is 18.9 Å². The largest absolute Gasteiger partial charge is 0.374 e. The average Bonchev–Trinajstić information content (AvgIpc) is 2.77. The highest BCUT2D eigenvalue weighted by Gasteiger charge is 2.21. The lowest BCUT2D eigenvalue weighted by atomic mass is 10.1. The van der Waals surface area contributed by atoms with Gasteiger partial charge in [0.2, 0.25) is 5.91 Å². The maximum atomic E-state index is 12.4. The summed E-state index contributed by atoms with van der Waals surface area (Å²) in [6, 6.07) is 20.6. The molecular formula is C24H27N3O2S. The Labute approximate surface area is 181 Å². The van der Waals surface area contributed by atoms with Crippen molar-refractivity contribution in [3.05, 3.63) is 71.8 Å². The number of benzene rings is 2. The second kappa shape index (κ2) is 10.1. The van der Waals surface area contributed by atoms with Gasteiger partial charge in [0.15, 0.2) is 0 Å². The molecule has 1 N–H and O–H groups in total. The smallest absolute Gasteiger partial charge is 0.230 e. The fourth-order valence-electron chi connectivity index (χ4n) is 3.70. The van der Waals surface area contributed by atoms with Gasteiger partial charge in [0, 0.05) is 31.6 Å². The fraction of sp³-hybridized carbons (Fsp3) is 0.333. The fourth-order valence-corrected chi connectivity index (χ4v) is 4.50. The average molecular weight is 422 g/mol. The van der Waals surface area contributed by atoms with Crippen molar-refractivity contribution in [2.24, 2.45) is 0 Å². The Bertz CT molecular complexity index is 996. The number of ether oxygens (including phenoxy) is 1. The van der Waals surface area contributed by atoms with Crippen LogP contribution >= 0.6 is 11.8 Å². The van der Waals surface area contributed by atoms with Gasteiger partial charge in [0.05, 0.1) is 29.0 Å². The predicted octanol–water partition coefficient (Wildman–Crippen LogP) is 3.65. The molecule has 1 atom stereocenters. The van der Waals surface area contributed by atoms with Crippen LogP contribution in [-0.4, -0.2) is 53.9 Å². The monoisotopic (exact) mass is 421 g/mol. The number of aryl methyl sites for hydroxylation is 1. The summed E-state index contributed by atoms with van der Waals surface area (Å²) in [4.78, 5) is 19.4. The van der Waals surface area contributed by atoms with Gasteiger partial charge in [-0.2, -0.15) is 0 Å². The van der Waals surface area contributed by atoms with E-state index in [0.717, 1.165) is 35.6 Å². The molecule has 5 nitrogen and oxygen atoms in total. The third-order valence-electron chi connectivity index (χ3n) is 5.25. The number of amides is 1. The van der Waals surface area contributed by atoms with E-state index in [1.54, 1.807) is 0 Å². The first-order valence-electron chi connectivity index (χ1n) is 10.3. The van der Waals surface area contributed by atoms with Gasteiger partial charge in [-0.3, -0.25) is 9.69 Å². The van der Waals surface area contributed by atoms with Crippen molar-refractivity contribution in [3.63, 3.8) is 0 Å². The lowest BCUT2D eigenvalue weighted by Gasteiger charge is -2.33. The van der Waals surface area contributed by atoms with E-state index < -0.39 is 0 Å². The molecule has 0 spiro atoms. The molecule has 30 heavy (non-hydrogen) atoms. The highest BCUT2D eigenvalue weighted by Crippen LogP contribution is 2.23. The van der Waals surface area contributed by atoms with E-state index in [1.165, 1.54) is 22.9 Å². The van der Waals surface area contributed by atoms with Gasteiger partial charge in [-0.05, 0) is 30.2 Å². The third kappa shape index (κ3) is 5.59. The molecule has 1 aromatic heterocycles. The van der Waals surface area contributed by atoms with Gasteiger partial charge < -0.3 is 10.1 Å². The summed E-state index contributed by atoms with van der Waals surface area (Å²) in [6.07, 6.45) is 0.0254. The zero-order valence-electron chi connectivity index (χ0n) is 17.2. The number of aromatic nitrogens is 1. The molecule has 2 aromatic carbocycles. The van der Waals surface area contributed by atoms with Crippen LogP contribution < -0.4 is 5.32 Å². The Kier molecular flexibility index (Phi) is 7.00. The summed E-state index contributed by atoms with van der Waals surface area (Å²) in [5.74, 6) is 0.363. The van der Waals surface area contributed by atoms with Crippen LogP contribution in [0.5, 0.6) is 0 Å². The number of carbonyl (C=O) groups is 1. The molecule has 1 aliphatic rings. The normalized spacial score (nSPS) is 17.2. The molecule has 0 aliphatic carbocycles. The molecule has 3 aromatic rings.